The highest BCUT2D eigenvalue weighted by Gasteiger charge is 2.33. The van der Waals surface area contributed by atoms with E-state index < -0.39 is 16.9 Å². The van der Waals surface area contributed by atoms with Gasteiger partial charge in [-0.25, -0.2) is 9.79 Å². The maximum atomic E-state index is 13.9. The van der Waals surface area contributed by atoms with Gasteiger partial charge in [-0.3, -0.25) is 19.5 Å². The SMILES string of the molecule is CCOC(=O)C1=C(C)N=c2s/c(=C/c3cc([N+](=O)[O-])ccc3N3CC[NH+](C)CC3)c(=O)n2[C@@H]1c1ccccc1. The second-order valence-electron chi connectivity index (χ2n) is 9.66. The van der Waals surface area contributed by atoms with Gasteiger partial charge in [0.2, 0.25) is 0 Å². The average molecular weight is 549 g/mol. The third-order valence-corrected chi connectivity index (χ3v) is 8.08. The van der Waals surface area contributed by atoms with Crippen LogP contribution >= 0.6 is 11.3 Å². The summed E-state index contributed by atoms with van der Waals surface area (Å²) >= 11 is 1.21. The fourth-order valence-electron chi connectivity index (χ4n) is 5.07. The number of aromatic nitrogens is 1. The number of rotatable bonds is 6. The number of ether oxygens (including phenoxy) is 1. The Morgan fingerprint density at radius 2 is 1.95 bits per heavy atom. The molecule has 0 saturated carbocycles. The summed E-state index contributed by atoms with van der Waals surface area (Å²) in [7, 11) is 2.14. The van der Waals surface area contributed by atoms with E-state index in [1.807, 2.05) is 30.3 Å². The number of nitrogens with zero attached hydrogens (tertiary/aromatic N) is 4. The first-order valence-corrected chi connectivity index (χ1v) is 13.7. The Labute approximate surface area is 228 Å². The summed E-state index contributed by atoms with van der Waals surface area (Å²) in [6.45, 7) is 7.19. The van der Waals surface area contributed by atoms with Crippen LogP contribution in [0.15, 0.2) is 69.6 Å². The molecule has 3 heterocycles. The molecule has 39 heavy (non-hydrogen) atoms. The number of nitro groups is 1. The number of non-ortho nitro benzene ring substituents is 1. The van der Waals surface area contributed by atoms with Gasteiger partial charge in [0.25, 0.3) is 11.2 Å². The minimum absolute atomic E-state index is 0.0415. The van der Waals surface area contributed by atoms with Crippen LogP contribution < -0.4 is 24.7 Å². The fraction of sp³-hybridized carbons (Fsp3) is 0.321. The highest BCUT2D eigenvalue weighted by molar-refractivity contribution is 7.07. The molecule has 0 radical (unpaired) electrons. The van der Waals surface area contributed by atoms with Crippen LogP contribution in [0.2, 0.25) is 0 Å². The summed E-state index contributed by atoms with van der Waals surface area (Å²) < 4.78 is 7.25. The van der Waals surface area contributed by atoms with Gasteiger partial charge in [0.05, 0.1) is 66.6 Å². The zero-order valence-corrected chi connectivity index (χ0v) is 22.9. The standard InChI is InChI=1S/C28H29N5O5S/c1-4-38-27(35)24-18(2)29-28-32(25(24)19-8-6-5-7-9-19)26(34)23(39-28)17-20-16-21(33(36)37)10-11-22(20)31-14-12-30(3)13-15-31/h5-11,16-17,25H,4,12-15H2,1-3H3/p+1/b23-17+/t25-/m1/s1. The zero-order chi connectivity index (χ0) is 27.7. The van der Waals surface area contributed by atoms with Crippen molar-refractivity contribution in [1.29, 1.82) is 0 Å². The number of nitro benzene ring substituents is 1. The molecule has 2 aromatic carbocycles. The molecule has 5 rings (SSSR count). The third-order valence-electron chi connectivity index (χ3n) is 7.10. The molecule has 1 saturated heterocycles. The normalized spacial score (nSPS) is 18.1. The van der Waals surface area contributed by atoms with Crippen molar-refractivity contribution in [1.82, 2.24) is 4.57 Å². The van der Waals surface area contributed by atoms with Crippen LogP contribution in [0, 0.1) is 10.1 Å². The van der Waals surface area contributed by atoms with Gasteiger partial charge in [-0.05, 0) is 31.6 Å². The van der Waals surface area contributed by atoms with Crippen molar-refractivity contribution in [2.45, 2.75) is 19.9 Å². The number of esters is 1. The molecule has 0 aliphatic carbocycles. The summed E-state index contributed by atoms with van der Waals surface area (Å²) in [4.78, 5) is 46.8. The van der Waals surface area contributed by atoms with Crippen LogP contribution in [0.3, 0.4) is 0 Å². The Kier molecular flexibility index (Phi) is 7.45. The van der Waals surface area contributed by atoms with Crippen molar-refractivity contribution >= 4 is 34.8 Å². The van der Waals surface area contributed by atoms with Gasteiger partial charge in [-0.2, -0.15) is 0 Å². The number of thiazole rings is 1. The number of hydrogen-bond donors (Lipinski definition) is 1. The van der Waals surface area contributed by atoms with E-state index in [-0.39, 0.29) is 17.9 Å². The van der Waals surface area contributed by atoms with Gasteiger partial charge in [-0.15, -0.1) is 0 Å². The van der Waals surface area contributed by atoms with Crippen LogP contribution in [-0.2, 0) is 9.53 Å². The van der Waals surface area contributed by atoms with E-state index in [1.54, 1.807) is 26.0 Å². The first-order chi connectivity index (χ1) is 18.8. The van der Waals surface area contributed by atoms with Crippen molar-refractivity contribution in [2.75, 3.05) is 44.7 Å². The quantitative estimate of drug-likeness (QED) is 0.280. The molecule has 202 valence electrons. The summed E-state index contributed by atoms with van der Waals surface area (Å²) in [5.41, 5.74) is 2.67. The Bertz CT molecular complexity index is 1630. The Balaban J connectivity index is 1.69. The van der Waals surface area contributed by atoms with Gasteiger partial charge in [-0.1, -0.05) is 41.7 Å². The molecule has 2 aliphatic rings. The lowest BCUT2D eigenvalue weighted by molar-refractivity contribution is -0.880. The average Bonchev–Trinajstić information content (AvgIpc) is 3.23. The molecule has 0 amide bonds. The van der Waals surface area contributed by atoms with Crippen molar-refractivity contribution in [2.24, 2.45) is 4.99 Å². The first kappa shape index (κ1) is 26.5. The monoisotopic (exact) mass is 548 g/mol. The molecule has 3 aromatic rings. The number of carbonyl (C=O) groups excluding carboxylic acids is 1. The second-order valence-corrected chi connectivity index (χ2v) is 10.7. The molecular formula is C28H30N5O5S+. The Morgan fingerprint density at radius 1 is 1.23 bits per heavy atom. The smallest absolute Gasteiger partial charge is 0.338 e. The Hall–Kier alpha value is -4.09. The van der Waals surface area contributed by atoms with Crippen LogP contribution in [0.25, 0.3) is 6.08 Å². The maximum absolute atomic E-state index is 13.9. The Morgan fingerprint density at radius 3 is 2.62 bits per heavy atom. The zero-order valence-electron chi connectivity index (χ0n) is 22.0. The van der Waals surface area contributed by atoms with Crippen molar-refractivity contribution < 1.29 is 19.4 Å². The number of fused-ring (bicyclic) bond motifs is 1. The van der Waals surface area contributed by atoms with E-state index in [0.717, 1.165) is 37.4 Å². The van der Waals surface area contributed by atoms with E-state index in [1.165, 1.54) is 32.9 Å². The molecule has 0 spiro atoms. The van der Waals surface area contributed by atoms with Gasteiger partial charge in [0.1, 0.15) is 0 Å². The number of likely N-dealkylation sites (N-methyl/N-ethyl adjacent to an activating group) is 1. The lowest BCUT2D eigenvalue weighted by Crippen LogP contribution is -3.12. The molecule has 11 heteroatoms. The highest BCUT2D eigenvalue weighted by atomic mass is 32.1. The fourth-order valence-corrected chi connectivity index (χ4v) is 6.11. The minimum Gasteiger partial charge on any atom is -0.463 e. The number of hydrogen-bond acceptors (Lipinski definition) is 8. The summed E-state index contributed by atoms with van der Waals surface area (Å²) in [6.07, 6.45) is 1.71. The number of allylic oxidation sites excluding steroid dienone is 1. The largest absolute Gasteiger partial charge is 0.463 e. The number of piperazine rings is 1. The first-order valence-electron chi connectivity index (χ1n) is 12.9. The van der Waals surface area contributed by atoms with Crippen LogP contribution in [0.4, 0.5) is 11.4 Å². The van der Waals surface area contributed by atoms with Crippen molar-refractivity contribution in [3.8, 4) is 0 Å². The predicted octanol–water partition coefficient (Wildman–Crippen LogP) is 1.04. The van der Waals surface area contributed by atoms with E-state index in [4.69, 9.17) is 4.74 Å². The summed E-state index contributed by atoms with van der Waals surface area (Å²) in [5, 5.41) is 11.6. The molecule has 0 unspecified atom stereocenters. The molecule has 1 fully saturated rings. The van der Waals surface area contributed by atoms with Gasteiger partial charge < -0.3 is 14.5 Å². The predicted molar refractivity (Wildman–Crippen MR) is 149 cm³/mol. The molecule has 1 N–H and O–H groups in total. The summed E-state index contributed by atoms with van der Waals surface area (Å²) in [6, 6.07) is 13.4. The molecule has 1 aromatic heterocycles. The minimum atomic E-state index is -0.700. The van der Waals surface area contributed by atoms with Gasteiger partial charge >= 0.3 is 5.97 Å². The summed E-state index contributed by atoms with van der Waals surface area (Å²) in [5.74, 6) is -0.514. The maximum Gasteiger partial charge on any atom is 0.338 e. The number of nitrogens with one attached hydrogen (secondary N) is 1. The number of carbonyl (C=O) groups is 1. The number of benzene rings is 2. The third kappa shape index (κ3) is 5.15. The number of anilines is 1. The van der Waals surface area contributed by atoms with E-state index in [0.29, 0.717) is 26.2 Å². The van der Waals surface area contributed by atoms with Crippen LogP contribution in [-0.4, -0.2) is 55.3 Å². The van der Waals surface area contributed by atoms with Crippen molar-refractivity contribution in [3.05, 3.63) is 101 Å². The molecular weight excluding hydrogens is 518 g/mol. The van der Waals surface area contributed by atoms with Crippen LogP contribution in [0.5, 0.6) is 0 Å². The molecule has 1 atom stereocenters. The van der Waals surface area contributed by atoms with E-state index in [2.05, 4.69) is 16.9 Å². The lowest BCUT2D eigenvalue weighted by atomic mass is 9.96. The molecule has 10 nitrogen and oxygen atoms in total. The van der Waals surface area contributed by atoms with Gasteiger partial charge in [0.15, 0.2) is 4.80 Å². The van der Waals surface area contributed by atoms with Crippen LogP contribution in [0.1, 0.15) is 31.0 Å². The molecule has 2 aliphatic heterocycles. The highest BCUT2D eigenvalue weighted by Crippen LogP contribution is 2.31. The van der Waals surface area contributed by atoms with E-state index >= 15 is 0 Å². The van der Waals surface area contributed by atoms with Crippen molar-refractivity contribution in [3.63, 3.8) is 0 Å². The number of quaternary nitrogens is 1. The second kappa shape index (κ2) is 11.0. The topological polar surface area (TPSA) is 111 Å². The van der Waals surface area contributed by atoms with E-state index in [9.17, 15) is 19.7 Å². The van der Waals surface area contributed by atoms with Gasteiger partial charge in [0, 0.05) is 23.4 Å². The molecule has 0 bridgehead atoms. The lowest BCUT2D eigenvalue weighted by Gasteiger charge is -2.32.